The van der Waals surface area contributed by atoms with Gasteiger partial charge in [-0.15, -0.1) is 0 Å². The van der Waals surface area contributed by atoms with E-state index in [4.69, 9.17) is 11.6 Å². The average Bonchev–Trinajstić information content (AvgIpc) is 2.18. The van der Waals surface area contributed by atoms with Gasteiger partial charge in [-0.2, -0.15) is 0 Å². The second kappa shape index (κ2) is 4.49. The molecular weight excluding hydrogens is 212 g/mol. The van der Waals surface area contributed by atoms with Crippen molar-refractivity contribution in [1.29, 1.82) is 0 Å². The van der Waals surface area contributed by atoms with Crippen molar-refractivity contribution in [3.8, 4) is 0 Å². The van der Waals surface area contributed by atoms with E-state index in [2.05, 4.69) is 0 Å². The van der Waals surface area contributed by atoms with Crippen LogP contribution in [0.2, 0.25) is 5.02 Å². The molecule has 0 heterocycles. The van der Waals surface area contributed by atoms with E-state index in [0.29, 0.717) is 10.6 Å². The van der Waals surface area contributed by atoms with Gasteiger partial charge in [0.1, 0.15) is 0 Å². The van der Waals surface area contributed by atoms with Gasteiger partial charge in [-0.3, -0.25) is 4.79 Å². The Morgan fingerprint density at radius 3 is 2.40 bits per heavy atom. The number of benzene rings is 1. The van der Waals surface area contributed by atoms with E-state index < -0.39 is 0 Å². The highest BCUT2D eigenvalue weighted by Gasteiger charge is 2.07. The van der Waals surface area contributed by atoms with E-state index in [1.807, 2.05) is 26.0 Å². The van der Waals surface area contributed by atoms with E-state index in [0.717, 1.165) is 11.1 Å². The van der Waals surface area contributed by atoms with Gasteiger partial charge in [0, 0.05) is 12.5 Å². The van der Waals surface area contributed by atoms with Crippen molar-refractivity contribution in [2.45, 2.75) is 20.8 Å². The molecule has 0 saturated carbocycles. The molecule has 0 saturated heterocycles. The van der Waals surface area contributed by atoms with E-state index in [9.17, 15) is 9.90 Å². The van der Waals surface area contributed by atoms with Crippen LogP contribution in [-0.4, -0.2) is 10.9 Å². The molecule has 0 amide bonds. The number of halogens is 1. The van der Waals surface area contributed by atoms with Crippen LogP contribution in [0, 0.1) is 13.8 Å². The summed E-state index contributed by atoms with van der Waals surface area (Å²) in [6, 6.07) is 3.81. The summed E-state index contributed by atoms with van der Waals surface area (Å²) in [6.45, 7) is 5.07. The van der Waals surface area contributed by atoms with E-state index >= 15 is 0 Å². The van der Waals surface area contributed by atoms with Gasteiger partial charge in [0.25, 0.3) is 0 Å². The molecule has 0 atom stereocenters. The van der Waals surface area contributed by atoms with Gasteiger partial charge in [0.2, 0.25) is 0 Å². The molecule has 1 N–H and O–H groups in total. The van der Waals surface area contributed by atoms with Crippen LogP contribution in [0.5, 0.6) is 0 Å². The number of aliphatic hydroxyl groups excluding tert-OH is 1. The van der Waals surface area contributed by atoms with Gasteiger partial charge in [-0.05, 0) is 31.1 Å². The smallest absolute Gasteiger partial charge is 0.194 e. The first kappa shape index (κ1) is 11.8. The average molecular weight is 225 g/mol. The SMILES string of the molecule is CC(=O)/C(O)=C/c1c(C)ccc(C)c1Cl. The lowest BCUT2D eigenvalue weighted by atomic mass is 10.0. The third-order valence-electron chi connectivity index (χ3n) is 2.23. The van der Waals surface area contributed by atoms with Crippen LogP contribution in [0.4, 0.5) is 0 Å². The van der Waals surface area contributed by atoms with Crippen molar-refractivity contribution in [2.75, 3.05) is 0 Å². The molecule has 0 fully saturated rings. The number of hydrogen-bond acceptors (Lipinski definition) is 2. The fourth-order valence-corrected chi connectivity index (χ4v) is 1.48. The second-order valence-electron chi connectivity index (χ2n) is 3.51. The molecule has 0 aliphatic carbocycles. The van der Waals surface area contributed by atoms with Gasteiger partial charge in [-0.25, -0.2) is 0 Å². The number of Topliss-reactive ketones (excluding diaryl/α,β-unsaturated/α-hetero) is 1. The Labute approximate surface area is 94.2 Å². The predicted octanol–water partition coefficient (Wildman–Crippen LogP) is 3.44. The number of rotatable bonds is 2. The van der Waals surface area contributed by atoms with Gasteiger partial charge in [0.15, 0.2) is 11.5 Å². The van der Waals surface area contributed by atoms with Gasteiger partial charge < -0.3 is 5.11 Å². The topological polar surface area (TPSA) is 37.3 Å². The van der Waals surface area contributed by atoms with Crippen LogP contribution >= 0.6 is 11.6 Å². The molecular formula is C12H13ClO2. The van der Waals surface area contributed by atoms with Gasteiger partial charge in [0.05, 0.1) is 5.02 Å². The Balaban J connectivity index is 3.32. The molecule has 80 valence electrons. The predicted molar refractivity (Wildman–Crippen MR) is 62.2 cm³/mol. The zero-order valence-corrected chi connectivity index (χ0v) is 9.72. The number of allylic oxidation sites excluding steroid dienone is 1. The quantitative estimate of drug-likeness (QED) is 0.617. The third kappa shape index (κ3) is 2.60. The highest BCUT2D eigenvalue weighted by atomic mass is 35.5. The monoisotopic (exact) mass is 224 g/mol. The Morgan fingerprint density at radius 1 is 1.33 bits per heavy atom. The summed E-state index contributed by atoms with van der Waals surface area (Å²) < 4.78 is 0. The highest BCUT2D eigenvalue weighted by Crippen LogP contribution is 2.25. The standard InChI is InChI=1S/C12H13ClO2/c1-7-4-5-8(2)12(13)10(7)6-11(15)9(3)14/h4-6,15H,1-3H3/b11-6-. The number of hydrogen-bond donors (Lipinski definition) is 1. The highest BCUT2D eigenvalue weighted by molar-refractivity contribution is 6.33. The maximum Gasteiger partial charge on any atom is 0.194 e. The molecule has 2 nitrogen and oxygen atoms in total. The van der Waals surface area contributed by atoms with E-state index in [1.54, 1.807) is 0 Å². The summed E-state index contributed by atoms with van der Waals surface area (Å²) in [5.41, 5.74) is 2.55. The summed E-state index contributed by atoms with van der Waals surface area (Å²) >= 11 is 6.08. The first-order valence-corrected chi connectivity index (χ1v) is 4.98. The number of carbonyl (C=O) groups excluding carboxylic acids is 1. The maximum absolute atomic E-state index is 10.9. The Hall–Kier alpha value is -1.28. The minimum atomic E-state index is -0.369. The van der Waals surface area contributed by atoms with Crippen molar-refractivity contribution >= 4 is 23.5 Å². The Kier molecular flexibility index (Phi) is 3.53. The maximum atomic E-state index is 10.9. The first-order chi connectivity index (χ1) is 6.93. The number of ketones is 1. The summed E-state index contributed by atoms with van der Waals surface area (Å²) in [5, 5.41) is 9.94. The minimum absolute atomic E-state index is 0.273. The van der Waals surface area contributed by atoms with Crippen molar-refractivity contribution in [3.05, 3.63) is 39.6 Å². The van der Waals surface area contributed by atoms with Crippen LogP contribution < -0.4 is 0 Å². The lowest BCUT2D eigenvalue weighted by Gasteiger charge is -2.06. The fraction of sp³-hybridized carbons (Fsp3) is 0.250. The number of aryl methyl sites for hydroxylation is 2. The molecule has 0 aliphatic rings. The lowest BCUT2D eigenvalue weighted by molar-refractivity contribution is -0.115. The first-order valence-electron chi connectivity index (χ1n) is 4.60. The Morgan fingerprint density at radius 2 is 1.87 bits per heavy atom. The molecule has 1 aromatic carbocycles. The van der Waals surface area contributed by atoms with Crippen molar-refractivity contribution in [3.63, 3.8) is 0 Å². The fourth-order valence-electron chi connectivity index (χ4n) is 1.21. The van der Waals surface area contributed by atoms with Crippen molar-refractivity contribution < 1.29 is 9.90 Å². The third-order valence-corrected chi connectivity index (χ3v) is 2.73. The molecule has 3 heteroatoms. The van der Waals surface area contributed by atoms with Crippen LogP contribution in [0.15, 0.2) is 17.9 Å². The molecule has 0 unspecified atom stereocenters. The van der Waals surface area contributed by atoms with Gasteiger partial charge >= 0.3 is 0 Å². The summed E-state index contributed by atoms with van der Waals surface area (Å²) in [4.78, 5) is 10.9. The summed E-state index contributed by atoms with van der Waals surface area (Å²) in [5.74, 6) is -0.641. The van der Waals surface area contributed by atoms with Crippen LogP contribution in [0.3, 0.4) is 0 Å². The zero-order valence-electron chi connectivity index (χ0n) is 8.97. The lowest BCUT2D eigenvalue weighted by Crippen LogP contribution is -1.96. The second-order valence-corrected chi connectivity index (χ2v) is 3.89. The van der Waals surface area contributed by atoms with Crippen molar-refractivity contribution in [2.24, 2.45) is 0 Å². The Bertz CT molecular complexity index is 433. The van der Waals surface area contributed by atoms with Crippen molar-refractivity contribution in [1.82, 2.24) is 0 Å². The molecule has 0 spiro atoms. The normalized spacial score (nSPS) is 11.6. The molecule has 1 aromatic rings. The molecule has 0 aromatic heterocycles. The zero-order chi connectivity index (χ0) is 11.6. The summed E-state index contributed by atoms with van der Waals surface area (Å²) in [7, 11) is 0. The molecule has 0 bridgehead atoms. The van der Waals surface area contributed by atoms with E-state index in [1.165, 1.54) is 13.0 Å². The van der Waals surface area contributed by atoms with E-state index in [-0.39, 0.29) is 11.5 Å². The van der Waals surface area contributed by atoms with Crippen LogP contribution in [0.1, 0.15) is 23.6 Å². The molecule has 15 heavy (non-hydrogen) atoms. The molecule has 0 radical (unpaired) electrons. The largest absolute Gasteiger partial charge is 0.504 e. The van der Waals surface area contributed by atoms with Gasteiger partial charge in [-0.1, -0.05) is 23.7 Å². The van der Waals surface area contributed by atoms with Crippen LogP contribution in [0.25, 0.3) is 6.08 Å². The number of carbonyl (C=O) groups is 1. The molecule has 0 aliphatic heterocycles. The minimum Gasteiger partial charge on any atom is -0.504 e. The number of aliphatic hydroxyl groups is 1. The van der Waals surface area contributed by atoms with Crippen LogP contribution in [-0.2, 0) is 4.79 Å². The summed E-state index contributed by atoms with van der Waals surface area (Å²) in [6.07, 6.45) is 1.41. The molecule has 1 rings (SSSR count).